The van der Waals surface area contributed by atoms with E-state index in [0.29, 0.717) is 17.0 Å². The van der Waals surface area contributed by atoms with Crippen LogP contribution < -0.4 is 15.4 Å². The van der Waals surface area contributed by atoms with Crippen LogP contribution in [0.5, 0.6) is 5.75 Å². The normalized spacial score (nSPS) is 14.9. The Kier molecular flexibility index (Phi) is 6.88. The molecule has 3 rings (SSSR count). The van der Waals surface area contributed by atoms with Gasteiger partial charge in [0.25, 0.3) is 17.7 Å². The van der Waals surface area contributed by atoms with Crippen LogP contribution in [-0.4, -0.2) is 40.9 Å². The fourth-order valence-corrected chi connectivity index (χ4v) is 2.95. The molecule has 1 saturated heterocycles. The highest BCUT2D eigenvalue weighted by Gasteiger charge is 2.32. The Hall–Kier alpha value is -3.85. The molecular formula is C22H18FN3O4S. The Balaban J connectivity index is 1.61. The van der Waals surface area contributed by atoms with Gasteiger partial charge < -0.3 is 10.1 Å². The van der Waals surface area contributed by atoms with Crippen molar-refractivity contribution < 1.29 is 23.5 Å². The van der Waals surface area contributed by atoms with Crippen molar-refractivity contribution in [1.82, 2.24) is 10.2 Å². The number of hydrogen-bond acceptors (Lipinski definition) is 5. The molecule has 0 aromatic heterocycles. The van der Waals surface area contributed by atoms with E-state index in [4.69, 9.17) is 17.0 Å². The molecule has 1 heterocycles. The Bertz CT molecular complexity index is 1070. The summed E-state index contributed by atoms with van der Waals surface area (Å²) < 4.78 is 18.3. The van der Waals surface area contributed by atoms with E-state index in [2.05, 4.69) is 17.2 Å². The van der Waals surface area contributed by atoms with Gasteiger partial charge in [-0.2, -0.15) is 0 Å². The SMILES string of the molecule is C=CCN1C(=O)/C(=C/c2ccc(OCC(=O)Nc3ccc(F)cc3)cc2)C(=O)NC1=S. The molecule has 2 aromatic carbocycles. The topological polar surface area (TPSA) is 87.7 Å². The molecule has 3 amide bonds. The lowest BCUT2D eigenvalue weighted by Gasteiger charge is -2.27. The van der Waals surface area contributed by atoms with Crippen molar-refractivity contribution in [1.29, 1.82) is 0 Å². The van der Waals surface area contributed by atoms with Crippen LogP contribution in [0.3, 0.4) is 0 Å². The molecule has 0 saturated carbocycles. The van der Waals surface area contributed by atoms with Crippen molar-refractivity contribution in [2.45, 2.75) is 0 Å². The zero-order chi connectivity index (χ0) is 22.4. The summed E-state index contributed by atoms with van der Waals surface area (Å²) in [4.78, 5) is 37.9. The monoisotopic (exact) mass is 439 g/mol. The lowest BCUT2D eigenvalue weighted by molar-refractivity contribution is -0.128. The summed E-state index contributed by atoms with van der Waals surface area (Å²) in [5.74, 6) is -1.46. The molecule has 0 aliphatic carbocycles. The molecular weight excluding hydrogens is 421 g/mol. The maximum atomic E-state index is 12.9. The minimum Gasteiger partial charge on any atom is -0.484 e. The molecule has 0 atom stereocenters. The number of amides is 3. The van der Waals surface area contributed by atoms with Crippen molar-refractivity contribution in [3.63, 3.8) is 0 Å². The molecule has 2 aromatic rings. The minimum atomic E-state index is -0.576. The fraction of sp³-hybridized carbons (Fsp3) is 0.0909. The first-order valence-corrected chi connectivity index (χ1v) is 9.56. The Labute approximate surface area is 183 Å². The second-order valence-electron chi connectivity index (χ2n) is 6.43. The number of hydrogen-bond donors (Lipinski definition) is 2. The average Bonchev–Trinajstić information content (AvgIpc) is 2.75. The summed E-state index contributed by atoms with van der Waals surface area (Å²) in [6.45, 7) is 3.51. The van der Waals surface area contributed by atoms with Gasteiger partial charge in [-0.25, -0.2) is 4.39 Å². The maximum absolute atomic E-state index is 12.9. The van der Waals surface area contributed by atoms with E-state index in [0.717, 1.165) is 0 Å². The highest BCUT2D eigenvalue weighted by molar-refractivity contribution is 7.80. The lowest BCUT2D eigenvalue weighted by atomic mass is 10.1. The van der Waals surface area contributed by atoms with Gasteiger partial charge in [0.2, 0.25) is 0 Å². The number of carbonyl (C=O) groups excluding carboxylic acids is 3. The quantitative estimate of drug-likeness (QED) is 0.300. The predicted molar refractivity (Wildman–Crippen MR) is 118 cm³/mol. The molecule has 0 spiro atoms. The van der Waals surface area contributed by atoms with Crippen LogP contribution in [0.4, 0.5) is 10.1 Å². The van der Waals surface area contributed by atoms with Gasteiger partial charge in [0.15, 0.2) is 11.7 Å². The predicted octanol–water partition coefficient (Wildman–Crippen LogP) is 2.66. The first-order chi connectivity index (χ1) is 14.9. The Morgan fingerprint density at radius 1 is 1.16 bits per heavy atom. The molecule has 0 bridgehead atoms. The van der Waals surface area contributed by atoms with Crippen LogP contribution >= 0.6 is 12.2 Å². The van der Waals surface area contributed by atoms with Gasteiger partial charge >= 0.3 is 0 Å². The van der Waals surface area contributed by atoms with Crippen LogP contribution in [-0.2, 0) is 14.4 Å². The van der Waals surface area contributed by atoms with Crippen molar-refractivity contribution in [2.75, 3.05) is 18.5 Å². The van der Waals surface area contributed by atoms with E-state index >= 15 is 0 Å². The van der Waals surface area contributed by atoms with Crippen LogP contribution in [0.1, 0.15) is 5.56 Å². The van der Waals surface area contributed by atoms with Crippen molar-refractivity contribution >= 4 is 46.8 Å². The summed E-state index contributed by atoms with van der Waals surface area (Å²) >= 11 is 5.01. The minimum absolute atomic E-state index is 0.0368. The third kappa shape index (κ3) is 5.61. The molecule has 31 heavy (non-hydrogen) atoms. The number of halogens is 1. The van der Waals surface area contributed by atoms with Crippen molar-refractivity contribution in [2.24, 2.45) is 0 Å². The zero-order valence-corrected chi connectivity index (χ0v) is 17.1. The zero-order valence-electron chi connectivity index (χ0n) is 16.3. The van der Waals surface area contributed by atoms with Gasteiger partial charge in [0, 0.05) is 12.2 Å². The number of rotatable bonds is 7. The summed E-state index contributed by atoms with van der Waals surface area (Å²) in [6, 6.07) is 11.9. The molecule has 1 fully saturated rings. The van der Waals surface area contributed by atoms with E-state index < -0.39 is 23.5 Å². The highest BCUT2D eigenvalue weighted by Crippen LogP contribution is 2.18. The fourth-order valence-electron chi connectivity index (χ4n) is 2.70. The number of anilines is 1. The van der Waals surface area contributed by atoms with Gasteiger partial charge in [-0.05, 0) is 60.3 Å². The van der Waals surface area contributed by atoms with Crippen molar-refractivity contribution in [3.05, 3.63) is 78.1 Å². The van der Waals surface area contributed by atoms with Crippen LogP contribution in [0, 0.1) is 5.82 Å². The first-order valence-electron chi connectivity index (χ1n) is 9.15. The van der Waals surface area contributed by atoms with Crippen LogP contribution in [0.15, 0.2) is 66.8 Å². The number of thiocarbonyl (C=S) groups is 1. The molecule has 0 radical (unpaired) electrons. The van der Waals surface area contributed by atoms with Crippen LogP contribution in [0.25, 0.3) is 6.08 Å². The molecule has 1 aliphatic heterocycles. The van der Waals surface area contributed by atoms with E-state index in [1.54, 1.807) is 24.3 Å². The van der Waals surface area contributed by atoms with Gasteiger partial charge in [0.1, 0.15) is 17.1 Å². The van der Waals surface area contributed by atoms with E-state index in [1.165, 1.54) is 41.3 Å². The number of carbonyl (C=O) groups is 3. The third-order valence-electron chi connectivity index (χ3n) is 4.19. The summed E-state index contributed by atoms with van der Waals surface area (Å²) in [7, 11) is 0. The van der Waals surface area contributed by atoms with Gasteiger partial charge in [-0.3, -0.25) is 24.6 Å². The molecule has 158 valence electrons. The van der Waals surface area contributed by atoms with Gasteiger partial charge in [-0.1, -0.05) is 18.2 Å². The number of ether oxygens (including phenoxy) is 1. The smallest absolute Gasteiger partial charge is 0.265 e. The summed E-state index contributed by atoms with van der Waals surface area (Å²) in [5.41, 5.74) is 0.994. The van der Waals surface area contributed by atoms with Crippen molar-refractivity contribution in [3.8, 4) is 5.75 Å². The molecule has 9 heteroatoms. The van der Waals surface area contributed by atoms with Crippen LogP contribution in [0.2, 0.25) is 0 Å². The highest BCUT2D eigenvalue weighted by atomic mass is 32.1. The van der Waals surface area contributed by atoms with E-state index in [9.17, 15) is 18.8 Å². The molecule has 1 aliphatic rings. The third-order valence-corrected chi connectivity index (χ3v) is 4.51. The molecule has 7 nitrogen and oxygen atoms in total. The van der Waals surface area contributed by atoms with Gasteiger partial charge in [-0.15, -0.1) is 6.58 Å². The number of nitrogens with zero attached hydrogens (tertiary/aromatic N) is 1. The number of nitrogens with one attached hydrogen (secondary N) is 2. The Morgan fingerprint density at radius 2 is 1.84 bits per heavy atom. The molecule has 0 unspecified atom stereocenters. The standard InChI is InChI=1S/C22H18FN3O4S/c1-2-11-26-21(29)18(20(28)25-22(26)31)12-14-3-9-17(10-4-14)30-13-19(27)24-16-7-5-15(23)6-8-16/h2-10,12H,1,11,13H2,(H,24,27)(H,25,28,31)/b18-12+. The second kappa shape index (κ2) is 9.77. The summed E-state index contributed by atoms with van der Waals surface area (Å²) in [6.07, 6.45) is 2.96. The second-order valence-corrected chi connectivity index (χ2v) is 6.82. The largest absolute Gasteiger partial charge is 0.484 e. The van der Waals surface area contributed by atoms with Gasteiger partial charge in [0.05, 0.1) is 0 Å². The average molecular weight is 439 g/mol. The molecule has 2 N–H and O–H groups in total. The lowest BCUT2D eigenvalue weighted by Crippen LogP contribution is -2.53. The Morgan fingerprint density at radius 3 is 2.48 bits per heavy atom. The summed E-state index contributed by atoms with van der Waals surface area (Å²) in [5, 5.41) is 5.10. The first kappa shape index (κ1) is 21.8. The van der Waals surface area contributed by atoms with E-state index in [1.807, 2.05) is 0 Å². The number of benzene rings is 2. The maximum Gasteiger partial charge on any atom is 0.265 e. The van der Waals surface area contributed by atoms with E-state index in [-0.39, 0.29) is 23.8 Å².